The Morgan fingerprint density at radius 1 is 1.40 bits per heavy atom. The molecule has 1 aliphatic rings. The van der Waals surface area contributed by atoms with E-state index in [-0.39, 0.29) is 11.5 Å². The quantitative estimate of drug-likeness (QED) is 0.806. The van der Waals surface area contributed by atoms with Crippen LogP contribution < -0.4 is 5.73 Å². The van der Waals surface area contributed by atoms with Crippen LogP contribution in [0.15, 0.2) is 24.3 Å². The fraction of sp³-hybridized carbons (Fsp3) is 0.417. The Hall–Kier alpha value is -1.96. The first-order chi connectivity index (χ1) is 9.40. The molecule has 0 radical (unpaired) electrons. The molecule has 1 aliphatic heterocycles. The minimum Gasteiger partial charge on any atom is -0.399 e. The molecule has 2 N–H and O–H groups in total. The lowest BCUT2D eigenvalue weighted by Gasteiger charge is -2.23. The van der Waals surface area contributed by atoms with Gasteiger partial charge in [0.1, 0.15) is 0 Å². The molecule has 1 aromatic heterocycles. The van der Waals surface area contributed by atoms with E-state index < -0.39 is 15.4 Å². The van der Waals surface area contributed by atoms with Crippen LogP contribution in [0.1, 0.15) is 13.3 Å². The largest absolute Gasteiger partial charge is 0.399 e. The summed E-state index contributed by atoms with van der Waals surface area (Å²) in [7, 11) is -3.03. The fourth-order valence-electron chi connectivity index (χ4n) is 2.57. The van der Waals surface area contributed by atoms with Crippen LogP contribution in [-0.4, -0.2) is 40.1 Å². The van der Waals surface area contributed by atoms with E-state index in [9.17, 15) is 8.42 Å². The van der Waals surface area contributed by atoms with Crippen LogP contribution in [0.4, 0.5) is 5.69 Å². The highest BCUT2D eigenvalue weighted by Crippen LogP contribution is 2.33. The molecular formula is C12H15N5O2S. The van der Waals surface area contributed by atoms with Crippen molar-refractivity contribution in [3.8, 4) is 11.4 Å². The standard InChI is InChI=1S/C12H15N5O2S/c1-12(5-6-20(18,19)8-12)17-11(14-15-16-17)9-3-2-4-10(13)7-9/h2-4,7H,5-6,8,13H2,1H3. The third-order valence-corrected chi connectivity index (χ3v) is 5.50. The first-order valence-corrected chi connectivity index (χ1v) is 8.07. The molecule has 2 heterocycles. The van der Waals surface area contributed by atoms with E-state index in [0.29, 0.717) is 17.9 Å². The van der Waals surface area contributed by atoms with Gasteiger partial charge in [0.05, 0.1) is 17.0 Å². The van der Waals surface area contributed by atoms with Gasteiger partial charge in [-0.25, -0.2) is 13.1 Å². The number of nitrogens with zero attached hydrogens (tertiary/aromatic N) is 4. The van der Waals surface area contributed by atoms with Crippen LogP contribution in [0.3, 0.4) is 0 Å². The summed E-state index contributed by atoms with van der Waals surface area (Å²) in [6, 6.07) is 7.22. The van der Waals surface area contributed by atoms with Crippen LogP contribution in [-0.2, 0) is 15.4 Å². The van der Waals surface area contributed by atoms with Crippen LogP contribution in [0.5, 0.6) is 0 Å². The Labute approximate surface area is 116 Å². The molecule has 1 saturated heterocycles. The van der Waals surface area contributed by atoms with E-state index in [1.54, 1.807) is 16.8 Å². The molecule has 0 bridgehead atoms. The van der Waals surface area contributed by atoms with Crippen molar-refractivity contribution in [2.45, 2.75) is 18.9 Å². The second kappa shape index (κ2) is 4.27. The van der Waals surface area contributed by atoms with Crippen molar-refractivity contribution in [2.24, 2.45) is 0 Å². The van der Waals surface area contributed by atoms with Crippen LogP contribution in [0, 0.1) is 0 Å². The maximum absolute atomic E-state index is 11.7. The molecule has 1 atom stereocenters. The molecule has 106 valence electrons. The molecule has 3 rings (SSSR count). The number of sulfone groups is 1. The van der Waals surface area contributed by atoms with Crippen molar-refractivity contribution in [2.75, 3.05) is 17.2 Å². The third kappa shape index (κ3) is 2.15. The van der Waals surface area contributed by atoms with Gasteiger partial charge < -0.3 is 5.73 Å². The Bertz CT molecular complexity index is 755. The zero-order chi connectivity index (χ0) is 14.4. The summed E-state index contributed by atoms with van der Waals surface area (Å²) in [5, 5.41) is 11.7. The van der Waals surface area contributed by atoms with Gasteiger partial charge in [0.25, 0.3) is 0 Å². The number of nitrogen functional groups attached to an aromatic ring is 1. The number of hydrogen-bond donors (Lipinski definition) is 1. The molecule has 1 unspecified atom stereocenters. The van der Waals surface area contributed by atoms with E-state index in [1.165, 1.54) is 0 Å². The van der Waals surface area contributed by atoms with Gasteiger partial charge in [-0.15, -0.1) is 5.10 Å². The number of rotatable bonds is 2. The lowest BCUT2D eigenvalue weighted by atomic mass is 10.0. The highest BCUT2D eigenvalue weighted by molar-refractivity contribution is 7.91. The Balaban J connectivity index is 2.08. The predicted octanol–water partition coefficient (Wildman–Crippen LogP) is 0.456. The maximum atomic E-state index is 11.7. The van der Waals surface area contributed by atoms with Gasteiger partial charge in [0.15, 0.2) is 15.7 Å². The second-order valence-electron chi connectivity index (χ2n) is 5.38. The molecule has 0 spiro atoms. The number of hydrogen-bond acceptors (Lipinski definition) is 6. The topological polar surface area (TPSA) is 104 Å². The highest BCUT2D eigenvalue weighted by Gasteiger charge is 2.42. The molecular weight excluding hydrogens is 278 g/mol. The molecule has 1 fully saturated rings. The summed E-state index contributed by atoms with van der Waals surface area (Å²) < 4.78 is 25.1. The number of nitrogens with two attached hydrogens (primary N) is 1. The molecule has 20 heavy (non-hydrogen) atoms. The molecule has 8 heteroatoms. The number of anilines is 1. The average Bonchev–Trinajstić information content (AvgIpc) is 2.95. The number of aromatic nitrogens is 4. The van der Waals surface area contributed by atoms with Crippen molar-refractivity contribution in [1.82, 2.24) is 20.2 Å². The Morgan fingerprint density at radius 3 is 2.85 bits per heavy atom. The SMILES string of the molecule is CC1(n2nnnc2-c2cccc(N)c2)CCS(=O)(=O)C1. The second-order valence-corrected chi connectivity index (χ2v) is 7.56. The number of benzene rings is 1. The van der Waals surface area contributed by atoms with Gasteiger partial charge in [-0.3, -0.25) is 0 Å². The first kappa shape index (κ1) is 13.0. The summed E-state index contributed by atoms with van der Waals surface area (Å²) in [6.45, 7) is 1.86. The summed E-state index contributed by atoms with van der Waals surface area (Å²) in [5.74, 6) is 0.761. The maximum Gasteiger partial charge on any atom is 0.182 e. The summed E-state index contributed by atoms with van der Waals surface area (Å²) >= 11 is 0. The van der Waals surface area contributed by atoms with Gasteiger partial charge in [0, 0.05) is 11.3 Å². The minimum absolute atomic E-state index is 0.0559. The predicted molar refractivity (Wildman–Crippen MR) is 74.6 cm³/mol. The van der Waals surface area contributed by atoms with Crippen molar-refractivity contribution in [3.63, 3.8) is 0 Å². The molecule has 1 aromatic carbocycles. The van der Waals surface area contributed by atoms with Gasteiger partial charge in [0.2, 0.25) is 0 Å². The van der Waals surface area contributed by atoms with E-state index in [4.69, 9.17) is 5.73 Å². The van der Waals surface area contributed by atoms with Crippen molar-refractivity contribution < 1.29 is 8.42 Å². The van der Waals surface area contributed by atoms with E-state index in [0.717, 1.165) is 5.56 Å². The lowest BCUT2D eigenvalue weighted by molar-refractivity contribution is 0.325. The molecule has 0 amide bonds. The zero-order valence-corrected chi connectivity index (χ0v) is 11.8. The van der Waals surface area contributed by atoms with Crippen LogP contribution in [0.2, 0.25) is 0 Å². The van der Waals surface area contributed by atoms with Crippen LogP contribution >= 0.6 is 0 Å². The average molecular weight is 293 g/mol. The monoisotopic (exact) mass is 293 g/mol. The normalized spacial score (nSPS) is 24.9. The van der Waals surface area contributed by atoms with Crippen molar-refractivity contribution >= 4 is 15.5 Å². The van der Waals surface area contributed by atoms with Crippen molar-refractivity contribution in [3.05, 3.63) is 24.3 Å². The summed E-state index contributed by atoms with van der Waals surface area (Å²) in [6.07, 6.45) is 0.510. The lowest BCUT2D eigenvalue weighted by Crippen LogP contribution is -2.33. The Morgan fingerprint density at radius 2 is 2.20 bits per heavy atom. The minimum atomic E-state index is -3.03. The zero-order valence-electron chi connectivity index (χ0n) is 11.0. The molecule has 0 saturated carbocycles. The third-order valence-electron chi connectivity index (χ3n) is 3.61. The molecule has 2 aromatic rings. The van der Waals surface area contributed by atoms with Gasteiger partial charge in [-0.2, -0.15) is 0 Å². The van der Waals surface area contributed by atoms with Gasteiger partial charge >= 0.3 is 0 Å². The highest BCUT2D eigenvalue weighted by atomic mass is 32.2. The number of tetrazole rings is 1. The van der Waals surface area contributed by atoms with E-state index in [2.05, 4.69) is 15.5 Å². The Kier molecular flexibility index (Phi) is 2.79. The summed E-state index contributed by atoms with van der Waals surface area (Å²) in [4.78, 5) is 0. The van der Waals surface area contributed by atoms with Gasteiger partial charge in [-0.05, 0) is 35.9 Å². The van der Waals surface area contributed by atoms with E-state index >= 15 is 0 Å². The molecule has 7 nitrogen and oxygen atoms in total. The molecule has 0 aliphatic carbocycles. The van der Waals surface area contributed by atoms with Gasteiger partial charge in [-0.1, -0.05) is 12.1 Å². The summed E-state index contributed by atoms with van der Waals surface area (Å²) in [5.41, 5.74) is 6.55. The van der Waals surface area contributed by atoms with E-state index in [1.807, 2.05) is 19.1 Å². The fourth-order valence-corrected chi connectivity index (χ4v) is 4.68. The smallest absolute Gasteiger partial charge is 0.182 e. The first-order valence-electron chi connectivity index (χ1n) is 6.25. The van der Waals surface area contributed by atoms with Crippen LogP contribution in [0.25, 0.3) is 11.4 Å². The van der Waals surface area contributed by atoms with Crippen molar-refractivity contribution in [1.29, 1.82) is 0 Å².